The molecule has 3 rings (SSSR count). The molecule has 1 atom stereocenters. The Kier molecular flexibility index (Phi) is 3.78. The Balaban J connectivity index is 2.01. The summed E-state index contributed by atoms with van der Waals surface area (Å²) in [6, 6.07) is 7.73. The molecule has 0 bridgehead atoms. The van der Waals surface area contributed by atoms with Crippen molar-refractivity contribution in [1.82, 2.24) is 5.32 Å². The third-order valence-electron chi connectivity index (χ3n) is 4.06. The van der Waals surface area contributed by atoms with Crippen molar-refractivity contribution in [3.8, 4) is 5.75 Å². The van der Waals surface area contributed by atoms with E-state index in [1.165, 1.54) is 0 Å². The normalized spacial score (nSPS) is 21.9. The number of allylic oxidation sites excluding steroid dienone is 2. The minimum atomic E-state index is -0.137. The van der Waals surface area contributed by atoms with Crippen LogP contribution in [0.2, 0.25) is 0 Å². The number of rotatable bonds is 3. The average molecular weight is 285 g/mol. The first kappa shape index (κ1) is 13.9. The Morgan fingerprint density at radius 1 is 1.29 bits per heavy atom. The van der Waals surface area contributed by atoms with Crippen LogP contribution in [-0.2, 0) is 9.59 Å². The second-order valence-electron chi connectivity index (χ2n) is 5.48. The predicted octanol–water partition coefficient (Wildman–Crippen LogP) is 2.70. The number of carbonyl (C=O) groups is 2. The van der Waals surface area contributed by atoms with E-state index in [4.69, 9.17) is 4.74 Å². The van der Waals surface area contributed by atoms with Gasteiger partial charge in [-0.2, -0.15) is 0 Å². The topological polar surface area (TPSA) is 55.4 Å². The summed E-state index contributed by atoms with van der Waals surface area (Å²) < 4.78 is 5.53. The molecule has 1 aliphatic heterocycles. The summed E-state index contributed by atoms with van der Waals surface area (Å²) in [5, 5.41) is 2.88. The Hall–Kier alpha value is -2.10. The summed E-state index contributed by atoms with van der Waals surface area (Å²) in [7, 11) is 0. The number of Topliss-reactive ketones (excluding diaryl/α,β-unsaturated/α-hetero) is 1. The molecule has 0 spiro atoms. The minimum Gasteiger partial charge on any atom is -0.494 e. The molecule has 4 nitrogen and oxygen atoms in total. The van der Waals surface area contributed by atoms with Crippen LogP contribution in [0.25, 0.3) is 0 Å². The van der Waals surface area contributed by atoms with Crippen molar-refractivity contribution in [2.45, 2.75) is 38.5 Å². The third-order valence-corrected chi connectivity index (χ3v) is 4.06. The molecule has 1 aromatic carbocycles. The number of benzene rings is 1. The summed E-state index contributed by atoms with van der Waals surface area (Å²) in [5.74, 6) is 0.812. The molecule has 1 aromatic rings. The van der Waals surface area contributed by atoms with Gasteiger partial charge in [0.2, 0.25) is 5.91 Å². The standard InChI is InChI=1S/C17H19NO3/c1-2-21-12-6-3-5-11(9-12)13-10-16(20)18-14-7-4-8-15(19)17(13)14/h3,5-6,9,13H,2,4,7-8,10H2,1H3,(H,18,20)/t13-/m1/s1. The molecule has 1 N–H and O–H groups in total. The average Bonchev–Trinajstić information content (AvgIpc) is 2.47. The van der Waals surface area contributed by atoms with Crippen LogP contribution < -0.4 is 10.1 Å². The number of ketones is 1. The summed E-state index contributed by atoms with van der Waals surface area (Å²) in [6.45, 7) is 2.54. The third kappa shape index (κ3) is 2.71. The zero-order valence-electron chi connectivity index (χ0n) is 12.1. The lowest BCUT2D eigenvalue weighted by Crippen LogP contribution is -2.36. The van der Waals surface area contributed by atoms with Crippen LogP contribution in [0.3, 0.4) is 0 Å². The highest BCUT2D eigenvalue weighted by molar-refractivity contribution is 6.01. The lowest BCUT2D eigenvalue weighted by molar-refractivity contribution is -0.122. The van der Waals surface area contributed by atoms with E-state index in [2.05, 4.69) is 5.32 Å². The maximum Gasteiger partial charge on any atom is 0.225 e. The predicted molar refractivity (Wildman–Crippen MR) is 79.0 cm³/mol. The largest absolute Gasteiger partial charge is 0.494 e. The zero-order chi connectivity index (χ0) is 14.8. The van der Waals surface area contributed by atoms with Gasteiger partial charge in [0.05, 0.1) is 6.61 Å². The molecule has 1 amide bonds. The van der Waals surface area contributed by atoms with E-state index >= 15 is 0 Å². The number of hydrogen-bond acceptors (Lipinski definition) is 3. The van der Waals surface area contributed by atoms with Crippen LogP contribution in [0.5, 0.6) is 5.75 Å². The van der Waals surface area contributed by atoms with Crippen LogP contribution in [-0.4, -0.2) is 18.3 Å². The van der Waals surface area contributed by atoms with E-state index in [9.17, 15) is 9.59 Å². The highest BCUT2D eigenvalue weighted by Crippen LogP contribution is 2.38. The second-order valence-corrected chi connectivity index (χ2v) is 5.48. The number of hydrogen-bond donors (Lipinski definition) is 1. The molecule has 1 heterocycles. The van der Waals surface area contributed by atoms with Crippen molar-refractivity contribution in [2.24, 2.45) is 0 Å². The first-order valence-electron chi connectivity index (χ1n) is 7.48. The fourth-order valence-electron chi connectivity index (χ4n) is 3.18. The summed E-state index contributed by atoms with van der Waals surface area (Å²) in [4.78, 5) is 24.2. The van der Waals surface area contributed by atoms with Crippen molar-refractivity contribution in [2.75, 3.05) is 6.61 Å². The molecule has 0 unspecified atom stereocenters. The second kappa shape index (κ2) is 5.72. The number of amides is 1. The molecule has 2 aliphatic rings. The van der Waals surface area contributed by atoms with E-state index in [1.807, 2.05) is 31.2 Å². The number of nitrogens with one attached hydrogen (secondary N) is 1. The molecule has 0 saturated heterocycles. The van der Waals surface area contributed by atoms with Gasteiger partial charge in [-0.25, -0.2) is 0 Å². The van der Waals surface area contributed by atoms with Crippen molar-refractivity contribution in [3.63, 3.8) is 0 Å². The molecule has 0 fully saturated rings. The molecular formula is C17H19NO3. The summed E-state index contributed by atoms with van der Waals surface area (Å²) >= 11 is 0. The Bertz CT molecular complexity index is 618. The quantitative estimate of drug-likeness (QED) is 0.929. The molecule has 1 aliphatic carbocycles. The van der Waals surface area contributed by atoms with Crippen LogP contribution in [0.1, 0.15) is 44.1 Å². The molecule has 4 heteroatoms. The van der Waals surface area contributed by atoms with Gasteiger partial charge in [-0.15, -0.1) is 0 Å². The van der Waals surface area contributed by atoms with Gasteiger partial charge in [-0.1, -0.05) is 12.1 Å². The number of ether oxygens (including phenoxy) is 1. The van der Waals surface area contributed by atoms with E-state index in [0.29, 0.717) is 19.4 Å². The van der Waals surface area contributed by atoms with E-state index in [-0.39, 0.29) is 17.6 Å². The van der Waals surface area contributed by atoms with E-state index < -0.39 is 0 Å². The van der Waals surface area contributed by atoms with Crippen LogP contribution >= 0.6 is 0 Å². The Morgan fingerprint density at radius 2 is 2.14 bits per heavy atom. The van der Waals surface area contributed by atoms with Crippen molar-refractivity contribution in [3.05, 3.63) is 41.1 Å². The van der Waals surface area contributed by atoms with E-state index in [1.54, 1.807) is 0 Å². The zero-order valence-corrected chi connectivity index (χ0v) is 12.1. The van der Waals surface area contributed by atoms with Crippen LogP contribution in [0, 0.1) is 0 Å². The molecule has 21 heavy (non-hydrogen) atoms. The SMILES string of the molecule is CCOc1cccc([C@H]2CC(=O)NC3=C2C(=O)CCC3)c1. The van der Waals surface area contributed by atoms with Gasteiger partial charge in [-0.3, -0.25) is 9.59 Å². The smallest absolute Gasteiger partial charge is 0.225 e. The van der Waals surface area contributed by atoms with E-state index in [0.717, 1.165) is 35.4 Å². The van der Waals surface area contributed by atoms with Gasteiger partial charge < -0.3 is 10.1 Å². The highest BCUT2D eigenvalue weighted by Gasteiger charge is 2.34. The first-order valence-corrected chi connectivity index (χ1v) is 7.48. The highest BCUT2D eigenvalue weighted by atomic mass is 16.5. The van der Waals surface area contributed by atoms with Gasteiger partial charge in [0.1, 0.15) is 5.75 Å². The molecule has 0 aromatic heterocycles. The van der Waals surface area contributed by atoms with Crippen LogP contribution in [0.15, 0.2) is 35.5 Å². The minimum absolute atomic E-state index is 0.00439. The van der Waals surface area contributed by atoms with Gasteiger partial charge in [0.25, 0.3) is 0 Å². The molecule has 0 saturated carbocycles. The fourth-order valence-corrected chi connectivity index (χ4v) is 3.18. The van der Waals surface area contributed by atoms with Crippen molar-refractivity contribution in [1.29, 1.82) is 0 Å². The lowest BCUT2D eigenvalue weighted by atomic mass is 9.78. The van der Waals surface area contributed by atoms with Gasteiger partial charge in [-0.05, 0) is 37.5 Å². The van der Waals surface area contributed by atoms with Crippen LogP contribution in [0.4, 0.5) is 0 Å². The van der Waals surface area contributed by atoms with Crippen molar-refractivity contribution >= 4 is 11.7 Å². The first-order chi connectivity index (χ1) is 10.2. The van der Waals surface area contributed by atoms with Gasteiger partial charge in [0, 0.05) is 30.0 Å². The molecular weight excluding hydrogens is 266 g/mol. The summed E-state index contributed by atoms with van der Waals surface area (Å²) in [5.41, 5.74) is 2.61. The van der Waals surface area contributed by atoms with Gasteiger partial charge in [0.15, 0.2) is 5.78 Å². The Labute approximate surface area is 124 Å². The lowest BCUT2D eigenvalue weighted by Gasteiger charge is -2.31. The monoisotopic (exact) mass is 285 g/mol. The fraction of sp³-hybridized carbons (Fsp3) is 0.412. The molecule has 110 valence electrons. The molecule has 0 radical (unpaired) electrons. The summed E-state index contributed by atoms with van der Waals surface area (Å²) in [6.07, 6.45) is 2.52. The maximum absolute atomic E-state index is 12.3. The number of carbonyl (C=O) groups excluding carboxylic acids is 2. The maximum atomic E-state index is 12.3. The Morgan fingerprint density at radius 3 is 2.95 bits per heavy atom. The van der Waals surface area contributed by atoms with Crippen molar-refractivity contribution < 1.29 is 14.3 Å². The van der Waals surface area contributed by atoms with Gasteiger partial charge >= 0.3 is 0 Å².